The number of alkyl halides is 3. The van der Waals surface area contributed by atoms with Crippen LogP contribution in [0, 0.1) is 0 Å². The van der Waals surface area contributed by atoms with E-state index in [4.69, 9.17) is 16.3 Å². The summed E-state index contributed by atoms with van der Waals surface area (Å²) in [6.07, 6.45) is -2.46. The van der Waals surface area contributed by atoms with Crippen LogP contribution in [0.2, 0.25) is 5.02 Å². The molecule has 0 aromatic heterocycles. The number of halogens is 4. The minimum atomic E-state index is -4.77. The Labute approximate surface area is 225 Å². The first-order valence-electron chi connectivity index (χ1n) is 11.7. The molecule has 38 heavy (non-hydrogen) atoms. The van der Waals surface area contributed by atoms with Gasteiger partial charge in [0, 0.05) is 13.1 Å². The molecule has 1 N–H and O–H groups in total. The van der Waals surface area contributed by atoms with Gasteiger partial charge >= 0.3 is 6.18 Å². The molecule has 210 valence electrons. The normalized spacial score (nSPS) is 12.5. The Hall–Kier alpha value is -2.99. The van der Waals surface area contributed by atoms with Gasteiger partial charge in [0.15, 0.2) is 0 Å². The Morgan fingerprint density at radius 2 is 1.84 bits per heavy atom. The summed E-state index contributed by atoms with van der Waals surface area (Å²) in [5.41, 5.74) is -1.04. The highest BCUT2D eigenvalue weighted by atomic mass is 35.5. The molecule has 2 rings (SSSR count). The predicted octanol–water partition coefficient (Wildman–Crippen LogP) is 4.47. The van der Waals surface area contributed by atoms with Crippen LogP contribution in [0.5, 0.6) is 5.75 Å². The van der Waals surface area contributed by atoms with Gasteiger partial charge in [-0.2, -0.15) is 13.2 Å². The third-order valence-corrected chi connectivity index (χ3v) is 7.15. The lowest BCUT2D eigenvalue weighted by Crippen LogP contribution is -2.51. The molecular weight excluding hydrogens is 547 g/mol. The standard InChI is InChI=1S/C25H31ClF3N3O5S/c1-5-6-12-30-24(34)17(2)31(15-18-8-7-9-20(13-18)37-3)23(33)16-32(38(4,35)36)22-14-19(25(27,28)29)10-11-21(22)26/h7-11,13-14,17H,5-6,12,15-16H2,1-4H3,(H,30,34)/t17-/m0/s1. The zero-order chi connectivity index (χ0) is 28.7. The Morgan fingerprint density at radius 3 is 2.42 bits per heavy atom. The zero-order valence-corrected chi connectivity index (χ0v) is 23.1. The zero-order valence-electron chi connectivity index (χ0n) is 21.5. The number of hydrogen-bond acceptors (Lipinski definition) is 5. The van der Waals surface area contributed by atoms with Gasteiger partial charge in [0.25, 0.3) is 0 Å². The van der Waals surface area contributed by atoms with Gasteiger partial charge in [-0.3, -0.25) is 13.9 Å². The van der Waals surface area contributed by atoms with E-state index >= 15 is 0 Å². The second kappa shape index (κ2) is 13.2. The number of methoxy groups -OCH3 is 1. The number of carbonyl (C=O) groups is 2. The van der Waals surface area contributed by atoms with E-state index in [1.165, 1.54) is 14.0 Å². The van der Waals surface area contributed by atoms with E-state index in [2.05, 4.69) is 5.32 Å². The van der Waals surface area contributed by atoms with Crippen LogP contribution in [0.1, 0.15) is 37.8 Å². The Balaban J connectivity index is 2.48. The number of benzene rings is 2. The molecule has 8 nitrogen and oxygen atoms in total. The summed E-state index contributed by atoms with van der Waals surface area (Å²) in [4.78, 5) is 27.5. The summed E-state index contributed by atoms with van der Waals surface area (Å²) < 4.78 is 71.0. The summed E-state index contributed by atoms with van der Waals surface area (Å²) in [7, 11) is -2.80. The van der Waals surface area contributed by atoms with Crippen molar-refractivity contribution in [3.8, 4) is 5.75 Å². The maximum atomic E-state index is 13.5. The summed E-state index contributed by atoms with van der Waals surface area (Å²) >= 11 is 6.08. The smallest absolute Gasteiger partial charge is 0.416 e. The largest absolute Gasteiger partial charge is 0.497 e. The fourth-order valence-electron chi connectivity index (χ4n) is 3.56. The quantitative estimate of drug-likeness (QED) is 0.376. The maximum absolute atomic E-state index is 13.5. The Morgan fingerprint density at radius 1 is 1.16 bits per heavy atom. The van der Waals surface area contributed by atoms with Gasteiger partial charge in [0.1, 0.15) is 18.3 Å². The average Bonchev–Trinajstić information content (AvgIpc) is 2.84. The lowest BCUT2D eigenvalue weighted by molar-refractivity contribution is -0.139. The van der Waals surface area contributed by atoms with E-state index in [0.29, 0.717) is 34.3 Å². The lowest BCUT2D eigenvalue weighted by atomic mass is 10.1. The van der Waals surface area contributed by atoms with E-state index in [0.717, 1.165) is 30.1 Å². The highest BCUT2D eigenvalue weighted by molar-refractivity contribution is 7.92. The van der Waals surface area contributed by atoms with E-state index in [-0.39, 0.29) is 11.6 Å². The number of nitrogens with zero attached hydrogens (tertiary/aromatic N) is 2. The molecule has 2 amide bonds. The monoisotopic (exact) mass is 577 g/mol. The summed E-state index contributed by atoms with van der Waals surface area (Å²) in [5.74, 6) is -0.772. The molecule has 0 spiro atoms. The minimum Gasteiger partial charge on any atom is -0.497 e. The fraction of sp³-hybridized carbons (Fsp3) is 0.440. The van der Waals surface area contributed by atoms with Crippen molar-refractivity contribution in [2.75, 3.05) is 30.8 Å². The van der Waals surface area contributed by atoms with Gasteiger partial charge in [-0.15, -0.1) is 0 Å². The molecule has 0 fully saturated rings. The number of nitrogens with one attached hydrogen (secondary N) is 1. The number of sulfonamides is 1. The number of anilines is 1. The summed E-state index contributed by atoms with van der Waals surface area (Å²) in [5, 5.41) is 2.45. The van der Waals surface area contributed by atoms with Gasteiger partial charge in [-0.1, -0.05) is 37.1 Å². The van der Waals surface area contributed by atoms with E-state index < -0.39 is 51.9 Å². The van der Waals surface area contributed by atoms with E-state index in [1.807, 2.05) is 6.92 Å². The summed E-state index contributed by atoms with van der Waals surface area (Å²) in [6.45, 7) is 2.85. The topological polar surface area (TPSA) is 96.0 Å². The van der Waals surface area contributed by atoms with Crippen LogP contribution in [-0.4, -0.2) is 57.6 Å². The summed E-state index contributed by atoms with van der Waals surface area (Å²) in [6, 6.07) is 7.91. The van der Waals surface area contributed by atoms with Crippen molar-refractivity contribution in [3.05, 3.63) is 58.6 Å². The third-order valence-electron chi connectivity index (χ3n) is 5.71. The van der Waals surface area contributed by atoms with Crippen LogP contribution in [0.4, 0.5) is 18.9 Å². The van der Waals surface area contributed by atoms with Crippen LogP contribution in [-0.2, 0) is 32.3 Å². The first-order valence-corrected chi connectivity index (χ1v) is 14.0. The van der Waals surface area contributed by atoms with Crippen molar-refractivity contribution in [2.45, 2.75) is 45.5 Å². The molecule has 0 saturated carbocycles. The molecule has 0 aliphatic rings. The molecule has 0 saturated heterocycles. The maximum Gasteiger partial charge on any atom is 0.416 e. The number of rotatable bonds is 12. The average molecular weight is 578 g/mol. The molecule has 0 heterocycles. The Kier molecular flexibility index (Phi) is 10.8. The predicted molar refractivity (Wildman–Crippen MR) is 140 cm³/mol. The highest BCUT2D eigenvalue weighted by Gasteiger charge is 2.34. The molecule has 2 aromatic rings. The number of ether oxygens (including phenoxy) is 1. The van der Waals surface area contributed by atoms with Crippen molar-refractivity contribution in [2.24, 2.45) is 0 Å². The molecule has 1 atom stereocenters. The van der Waals surface area contributed by atoms with Crippen LogP contribution < -0.4 is 14.4 Å². The van der Waals surface area contributed by atoms with Gasteiger partial charge in [0.05, 0.1) is 29.6 Å². The second-order valence-corrected chi connectivity index (χ2v) is 10.9. The van der Waals surface area contributed by atoms with Crippen molar-refractivity contribution >= 4 is 39.1 Å². The van der Waals surface area contributed by atoms with Crippen LogP contribution >= 0.6 is 11.6 Å². The number of amides is 2. The second-order valence-electron chi connectivity index (χ2n) is 8.63. The van der Waals surface area contributed by atoms with Gasteiger partial charge in [-0.25, -0.2) is 8.42 Å². The van der Waals surface area contributed by atoms with Gasteiger partial charge < -0.3 is 15.0 Å². The lowest BCUT2D eigenvalue weighted by Gasteiger charge is -2.32. The highest BCUT2D eigenvalue weighted by Crippen LogP contribution is 2.36. The van der Waals surface area contributed by atoms with E-state index in [9.17, 15) is 31.2 Å². The molecule has 0 aliphatic heterocycles. The molecule has 0 bridgehead atoms. The fourth-order valence-corrected chi connectivity index (χ4v) is 4.68. The van der Waals surface area contributed by atoms with Crippen molar-refractivity contribution in [1.82, 2.24) is 10.2 Å². The van der Waals surface area contributed by atoms with Crippen LogP contribution in [0.15, 0.2) is 42.5 Å². The van der Waals surface area contributed by atoms with Crippen molar-refractivity contribution in [3.63, 3.8) is 0 Å². The van der Waals surface area contributed by atoms with Crippen molar-refractivity contribution < 1.29 is 35.9 Å². The first-order chi connectivity index (χ1) is 17.7. The first kappa shape index (κ1) is 31.2. The molecule has 0 radical (unpaired) electrons. The van der Waals surface area contributed by atoms with Crippen molar-refractivity contribution in [1.29, 1.82) is 0 Å². The van der Waals surface area contributed by atoms with Gasteiger partial charge in [0.2, 0.25) is 21.8 Å². The van der Waals surface area contributed by atoms with Gasteiger partial charge in [-0.05, 0) is 49.2 Å². The molecule has 2 aromatic carbocycles. The van der Waals surface area contributed by atoms with E-state index in [1.54, 1.807) is 24.3 Å². The third kappa shape index (κ3) is 8.52. The number of unbranched alkanes of at least 4 members (excludes halogenated alkanes) is 1. The molecule has 13 heteroatoms. The number of hydrogen-bond donors (Lipinski definition) is 1. The molecule has 0 unspecified atom stereocenters. The molecular formula is C25H31ClF3N3O5S. The Bertz CT molecular complexity index is 1240. The van der Waals surface area contributed by atoms with Crippen LogP contribution in [0.25, 0.3) is 0 Å². The number of carbonyl (C=O) groups excluding carboxylic acids is 2. The SMILES string of the molecule is CCCCNC(=O)[C@H](C)N(Cc1cccc(OC)c1)C(=O)CN(c1cc(C(F)(F)F)ccc1Cl)S(C)(=O)=O. The van der Waals surface area contributed by atoms with Crippen LogP contribution in [0.3, 0.4) is 0 Å². The minimum absolute atomic E-state index is 0.0909. The molecule has 0 aliphatic carbocycles.